The third-order valence-corrected chi connectivity index (χ3v) is 5.99. The lowest BCUT2D eigenvalue weighted by atomic mass is 10.0. The van der Waals surface area contributed by atoms with Gasteiger partial charge in [-0.3, -0.25) is 14.4 Å². The maximum absolute atomic E-state index is 14.3. The van der Waals surface area contributed by atoms with Crippen LogP contribution in [-0.4, -0.2) is 19.9 Å². The third kappa shape index (κ3) is 2.43. The van der Waals surface area contributed by atoms with Crippen LogP contribution >= 0.6 is 0 Å². The topological polar surface area (TPSA) is 80.5 Å². The van der Waals surface area contributed by atoms with E-state index in [-0.39, 0.29) is 18.0 Å². The van der Waals surface area contributed by atoms with Gasteiger partial charge in [-0.15, -0.1) is 0 Å². The van der Waals surface area contributed by atoms with Gasteiger partial charge in [0, 0.05) is 24.1 Å². The van der Waals surface area contributed by atoms with Gasteiger partial charge < -0.3 is 0 Å². The van der Waals surface area contributed by atoms with Crippen LogP contribution in [0.2, 0.25) is 0 Å². The van der Waals surface area contributed by atoms with E-state index in [0.29, 0.717) is 5.69 Å². The number of nitrogens with zero attached hydrogens (tertiary/aromatic N) is 2. The summed E-state index contributed by atoms with van der Waals surface area (Å²) in [5.74, 6) is -1.03. The van der Waals surface area contributed by atoms with E-state index in [1.165, 1.54) is 6.92 Å². The molecule has 0 saturated heterocycles. The Balaban J connectivity index is 2.17. The molecule has 2 aromatic carbocycles. The molecule has 1 heterocycles. The molecule has 2 aromatic rings. The molecule has 3 rings (SSSR count). The predicted octanol–water partition coefficient (Wildman–Crippen LogP) is 3.35. The van der Waals surface area contributed by atoms with Crippen LogP contribution in [0.4, 0.5) is 15.8 Å². The van der Waals surface area contributed by atoms with Gasteiger partial charge in [0.1, 0.15) is 10.7 Å². The standard InChI is InChI=1S/C16H15FN2O4S/c1-10-7-13(17)16(8-15(10)19(20)21)24(22,23)18-9-11(2)12-5-3-4-6-14(12)18/h3-8,11H,9H2,1-2H3. The quantitative estimate of drug-likeness (QED) is 0.628. The zero-order chi connectivity index (χ0) is 17.6. The molecule has 6 nitrogen and oxygen atoms in total. The van der Waals surface area contributed by atoms with Gasteiger partial charge in [0.2, 0.25) is 0 Å². The maximum Gasteiger partial charge on any atom is 0.273 e. The molecule has 0 aromatic heterocycles. The van der Waals surface area contributed by atoms with E-state index in [1.807, 2.05) is 19.1 Å². The molecule has 126 valence electrons. The summed E-state index contributed by atoms with van der Waals surface area (Å²) >= 11 is 0. The summed E-state index contributed by atoms with van der Waals surface area (Å²) in [7, 11) is -4.23. The highest BCUT2D eigenvalue weighted by molar-refractivity contribution is 7.92. The zero-order valence-corrected chi connectivity index (χ0v) is 13.9. The fraction of sp³-hybridized carbons (Fsp3) is 0.250. The Morgan fingerprint density at radius 3 is 2.62 bits per heavy atom. The summed E-state index contributed by atoms with van der Waals surface area (Å²) in [6.07, 6.45) is 0. The number of nitro groups is 1. The van der Waals surface area contributed by atoms with Crippen LogP contribution in [0.5, 0.6) is 0 Å². The minimum Gasteiger partial charge on any atom is -0.265 e. The molecule has 0 bridgehead atoms. The average Bonchev–Trinajstić information content (AvgIpc) is 2.85. The van der Waals surface area contributed by atoms with E-state index in [1.54, 1.807) is 12.1 Å². The Bertz CT molecular complexity index is 943. The number of sulfonamides is 1. The Morgan fingerprint density at radius 2 is 1.96 bits per heavy atom. The van der Waals surface area contributed by atoms with Crippen molar-refractivity contribution in [3.05, 3.63) is 63.5 Å². The van der Waals surface area contributed by atoms with Crippen molar-refractivity contribution in [3.63, 3.8) is 0 Å². The lowest BCUT2D eigenvalue weighted by Crippen LogP contribution is -2.30. The Morgan fingerprint density at radius 1 is 1.29 bits per heavy atom. The number of aryl methyl sites for hydroxylation is 1. The number of anilines is 1. The monoisotopic (exact) mass is 350 g/mol. The van der Waals surface area contributed by atoms with Crippen molar-refractivity contribution in [2.75, 3.05) is 10.8 Å². The van der Waals surface area contributed by atoms with Crippen LogP contribution in [0.1, 0.15) is 24.0 Å². The molecule has 0 fully saturated rings. The van der Waals surface area contributed by atoms with Crippen molar-refractivity contribution in [1.29, 1.82) is 0 Å². The molecular weight excluding hydrogens is 335 g/mol. The second kappa shape index (κ2) is 5.55. The maximum atomic E-state index is 14.3. The first-order valence-corrected chi connectivity index (χ1v) is 8.73. The minimum atomic E-state index is -4.23. The van der Waals surface area contributed by atoms with Crippen LogP contribution in [0.3, 0.4) is 0 Å². The van der Waals surface area contributed by atoms with E-state index in [0.717, 1.165) is 22.0 Å². The molecule has 1 unspecified atom stereocenters. The van der Waals surface area contributed by atoms with E-state index in [9.17, 15) is 22.9 Å². The van der Waals surface area contributed by atoms with E-state index in [4.69, 9.17) is 0 Å². The number of halogens is 1. The van der Waals surface area contributed by atoms with Crippen molar-refractivity contribution >= 4 is 21.4 Å². The van der Waals surface area contributed by atoms with Gasteiger partial charge in [-0.2, -0.15) is 0 Å². The normalized spacial score (nSPS) is 17.0. The third-order valence-electron chi connectivity index (χ3n) is 4.19. The Labute approximate surface area is 138 Å². The number of para-hydroxylation sites is 1. The van der Waals surface area contributed by atoms with Crippen LogP contribution in [0.25, 0.3) is 0 Å². The predicted molar refractivity (Wildman–Crippen MR) is 87.2 cm³/mol. The van der Waals surface area contributed by atoms with Crippen molar-refractivity contribution in [1.82, 2.24) is 0 Å². The van der Waals surface area contributed by atoms with Gasteiger partial charge in [-0.1, -0.05) is 25.1 Å². The van der Waals surface area contributed by atoms with Gasteiger partial charge in [0.25, 0.3) is 15.7 Å². The Kier molecular flexibility index (Phi) is 3.79. The van der Waals surface area contributed by atoms with E-state index >= 15 is 0 Å². The first kappa shape index (κ1) is 16.4. The van der Waals surface area contributed by atoms with Gasteiger partial charge in [0.15, 0.2) is 0 Å². The van der Waals surface area contributed by atoms with Gasteiger partial charge >= 0.3 is 0 Å². The molecule has 0 N–H and O–H groups in total. The molecule has 0 aliphatic carbocycles. The van der Waals surface area contributed by atoms with Crippen molar-refractivity contribution in [3.8, 4) is 0 Å². The number of hydrogen-bond acceptors (Lipinski definition) is 4. The summed E-state index contributed by atoms with van der Waals surface area (Å²) in [6.45, 7) is 3.41. The average molecular weight is 350 g/mol. The summed E-state index contributed by atoms with van der Waals surface area (Å²) in [4.78, 5) is 9.67. The smallest absolute Gasteiger partial charge is 0.265 e. The largest absolute Gasteiger partial charge is 0.273 e. The molecular formula is C16H15FN2O4S. The van der Waals surface area contributed by atoms with Crippen LogP contribution in [0.15, 0.2) is 41.3 Å². The molecule has 1 aliphatic rings. The lowest BCUT2D eigenvalue weighted by Gasteiger charge is -2.20. The molecule has 1 atom stereocenters. The fourth-order valence-corrected chi connectivity index (χ4v) is 4.61. The van der Waals surface area contributed by atoms with E-state index < -0.39 is 31.3 Å². The van der Waals surface area contributed by atoms with Gasteiger partial charge in [-0.25, -0.2) is 12.8 Å². The molecule has 0 amide bonds. The molecule has 0 radical (unpaired) electrons. The zero-order valence-electron chi connectivity index (χ0n) is 13.1. The highest BCUT2D eigenvalue weighted by atomic mass is 32.2. The molecule has 8 heteroatoms. The summed E-state index contributed by atoms with van der Waals surface area (Å²) in [5, 5.41) is 11.1. The Hall–Kier alpha value is -2.48. The summed E-state index contributed by atoms with van der Waals surface area (Å²) < 4.78 is 41.2. The number of fused-ring (bicyclic) bond motifs is 1. The highest BCUT2D eigenvalue weighted by Gasteiger charge is 2.37. The van der Waals surface area contributed by atoms with Crippen molar-refractivity contribution in [2.24, 2.45) is 0 Å². The SMILES string of the molecule is Cc1cc(F)c(S(=O)(=O)N2CC(C)c3ccccc32)cc1[N+](=O)[O-]. The summed E-state index contributed by atoms with van der Waals surface area (Å²) in [5.41, 5.74) is 0.984. The summed E-state index contributed by atoms with van der Waals surface area (Å²) in [6, 6.07) is 8.67. The first-order chi connectivity index (χ1) is 11.2. The second-order valence-corrected chi connectivity index (χ2v) is 7.65. The lowest BCUT2D eigenvalue weighted by molar-refractivity contribution is -0.385. The van der Waals surface area contributed by atoms with Crippen molar-refractivity contribution < 1.29 is 17.7 Å². The van der Waals surface area contributed by atoms with Crippen LogP contribution in [-0.2, 0) is 10.0 Å². The van der Waals surface area contributed by atoms with Crippen molar-refractivity contribution in [2.45, 2.75) is 24.7 Å². The molecule has 0 spiro atoms. The molecule has 1 aliphatic heterocycles. The minimum absolute atomic E-state index is 0.0422. The number of hydrogen-bond donors (Lipinski definition) is 0. The van der Waals surface area contributed by atoms with Gasteiger partial charge in [-0.05, 0) is 24.6 Å². The van der Waals surface area contributed by atoms with Crippen LogP contribution in [0, 0.1) is 22.9 Å². The van der Waals surface area contributed by atoms with Crippen LogP contribution < -0.4 is 4.31 Å². The second-order valence-electron chi connectivity index (χ2n) is 5.82. The number of benzene rings is 2. The molecule has 0 saturated carbocycles. The molecule has 24 heavy (non-hydrogen) atoms. The van der Waals surface area contributed by atoms with Gasteiger partial charge in [0.05, 0.1) is 10.6 Å². The highest BCUT2D eigenvalue weighted by Crippen LogP contribution is 2.40. The number of nitro benzene ring substituents is 1. The fourth-order valence-electron chi connectivity index (χ4n) is 2.96. The van der Waals surface area contributed by atoms with E-state index in [2.05, 4.69) is 0 Å². The number of rotatable bonds is 3. The first-order valence-electron chi connectivity index (χ1n) is 7.29.